The molecule has 0 saturated heterocycles. The number of hydrogen-bond donors (Lipinski definition) is 0. The monoisotopic (exact) mass is 1060 g/mol. The molecule has 1 aliphatic heterocycles. The maximum absolute atomic E-state index is 15.3. The molecule has 10 rings (SSSR count). The Morgan fingerprint density at radius 3 is 2.03 bits per heavy atom. The number of fused-ring (bicyclic) bond motifs is 4. The third-order valence-electron chi connectivity index (χ3n) is 12.0. The van der Waals surface area contributed by atoms with Crippen LogP contribution < -0.4 is 14.5 Å². The summed E-state index contributed by atoms with van der Waals surface area (Å²) in [6.07, 6.45) is 3.46. The first kappa shape index (κ1) is 44.6. The number of ether oxygens (including phenoxy) is 1. The molecule has 0 radical (unpaired) electrons. The van der Waals surface area contributed by atoms with Gasteiger partial charge in [0.05, 0.1) is 11.8 Å². The van der Waals surface area contributed by atoms with Crippen LogP contribution in [0.25, 0.3) is 50.1 Å². The fourth-order valence-corrected chi connectivity index (χ4v) is 8.80. The molecule has 0 amide bonds. The first-order valence-electron chi connectivity index (χ1n) is 21.7. The molecule has 6 aromatic carbocycles. The average molecular weight is 1060 g/mol. The number of hydrogen-bond acceptors (Lipinski definition) is 6. The Hall–Kier alpha value is -6.64. The van der Waals surface area contributed by atoms with Crippen molar-refractivity contribution in [3.8, 4) is 39.8 Å². The number of nitrogens with zero attached hydrogens (tertiary/aromatic N) is 5. The van der Waals surface area contributed by atoms with E-state index in [1.807, 2.05) is 84.5 Å². The molecular weight excluding hydrogens is 1010 g/mol. The van der Waals surface area contributed by atoms with Crippen LogP contribution in [0.1, 0.15) is 77.0 Å². The topological polar surface area (TPSA) is 59.6 Å². The Labute approximate surface area is 396 Å². The smallest absolute Gasteiger partial charge is 0.143 e. The van der Waals surface area contributed by atoms with Crippen LogP contribution in [0.2, 0.25) is 0 Å². The molecule has 1 aliphatic rings. The summed E-state index contributed by atoms with van der Waals surface area (Å²) in [5, 5.41) is 6.09. The van der Waals surface area contributed by atoms with Crippen molar-refractivity contribution in [1.29, 1.82) is 0 Å². The number of benzene rings is 6. The normalized spacial score (nSPS) is 12.7. The zero-order valence-corrected chi connectivity index (χ0v) is 39.6. The minimum absolute atomic E-state index is 0. The van der Waals surface area contributed by atoms with Gasteiger partial charge >= 0.3 is 0 Å². The Morgan fingerprint density at radius 1 is 0.682 bits per heavy atom. The molecule has 0 N–H and O–H groups in total. The van der Waals surface area contributed by atoms with Gasteiger partial charge in [-0.3, -0.25) is 0 Å². The van der Waals surface area contributed by atoms with Crippen molar-refractivity contribution >= 4 is 44.6 Å². The molecule has 0 atom stereocenters. The number of halogens is 3. The molecule has 4 heterocycles. The van der Waals surface area contributed by atoms with Crippen LogP contribution in [0.4, 0.5) is 35.9 Å². The molecule has 11 heteroatoms. The number of pyridine rings is 1. The van der Waals surface area contributed by atoms with Crippen molar-refractivity contribution in [2.75, 3.05) is 9.80 Å². The Balaban J connectivity index is 0.00000548. The Bertz CT molecular complexity index is 3230. The van der Waals surface area contributed by atoms with Crippen LogP contribution >= 0.6 is 0 Å². The fraction of sp³-hybridized carbons (Fsp3) is 0.182. The average Bonchev–Trinajstić information content (AvgIpc) is 4.03. The van der Waals surface area contributed by atoms with Crippen molar-refractivity contribution in [2.45, 2.75) is 65.7 Å². The zero-order chi connectivity index (χ0) is 45.3. The van der Waals surface area contributed by atoms with Gasteiger partial charge in [0.2, 0.25) is 0 Å². The van der Waals surface area contributed by atoms with E-state index in [4.69, 9.17) is 14.2 Å². The van der Waals surface area contributed by atoms with Crippen molar-refractivity contribution in [3.63, 3.8) is 0 Å². The second-order valence-electron chi connectivity index (χ2n) is 18.1. The maximum atomic E-state index is 15.3. The minimum Gasteiger partial charge on any atom is -0.509 e. The molecule has 7 nitrogen and oxygen atoms in total. The largest absolute Gasteiger partial charge is 0.509 e. The molecule has 0 aliphatic carbocycles. The number of aromatic nitrogens is 3. The van der Waals surface area contributed by atoms with E-state index < -0.39 is 17.5 Å². The van der Waals surface area contributed by atoms with Crippen molar-refractivity contribution in [3.05, 3.63) is 181 Å². The molecule has 0 saturated carbocycles. The summed E-state index contributed by atoms with van der Waals surface area (Å²) in [6, 6.07) is 42.3. The van der Waals surface area contributed by atoms with Gasteiger partial charge in [-0.15, -0.1) is 48.1 Å². The molecule has 0 spiro atoms. The van der Waals surface area contributed by atoms with Gasteiger partial charge in [-0.2, -0.15) is 6.07 Å². The van der Waals surface area contributed by atoms with Gasteiger partial charge in [0.1, 0.15) is 29.0 Å². The fourth-order valence-electron chi connectivity index (χ4n) is 8.80. The Kier molecular flexibility index (Phi) is 11.7. The first-order valence-corrected chi connectivity index (χ1v) is 21.7. The van der Waals surface area contributed by atoms with Gasteiger partial charge in [0.25, 0.3) is 0 Å². The summed E-state index contributed by atoms with van der Waals surface area (Å²) >= 11 is 0. The second kappa shape index (κ2) is 17.3. The predicted octanol–water partition coefficient (Wildman–Crippen LogP) is 15.3. The van der Waals surface area contributed by atoms with E-state index >= 15 is 8.78 Å². The van der Waals surface area contributed by atoms with Crippen molar-refractivity contribution in [1.82, 2.24) is 14.7 Å². The van der Waals surface area contributed by atoms with E-state index in [1.165, 1.54) is 5.56 Å². The molecule has 66 heavy (non-hydrogen) atoms. The quantitative estimate of drug-likeness (QED) is 0.134. The molecule has 0 unspecified atom stereocenters. The van der Waals surface area contributed by atoms with E-state index in [-0.39, 0.29) is 43.9 Å². The van der Waals surface area contributed by atoms with Gasteiger partial charge in [-0.1, -0.05) is 95.0 Å². The standard InChI is InChI=1S/C55H45F3N5O2.Pt/c1-32(2)43-24-35(53-45(57)27-37(56)28-46(53)58)25-44(33(3)4)54(43)62-31-61(48-14-10-11-15-49(48)62)38-22-34(51-19-21-60-65-51)23-40(29-38)64-39-16-17-42-41-12-8-9-13-47(41)63(50(42)30-39)52-26-36(18-20-59-52)55(5,6)7;/h8-28,31-33H,1-7H3;/q-3;. The second-order valence-corrected chi connectivity index (χ2v) is 18.1. The van der Waals surface area contributed by atoms with Gasteiger partial charge in [0, 0.05) is 79.5 Å². The minimum atomic E-state index is -0.965. The summed E-state index contributed by atoms with van der Waals surface area (Å²) in [4.78, 5) is 9.00. The van der Waals surface area contributed by atoms with Crippen LogP contribution in [0.3, 0.4) is 0 Å². The molecule has 3 aromatic heterocycles. The predicted molar refractivity (Wildman–Crippen MR) is 252 cm³/mol. The van der Waals surface area contributed by atoms with E-state index in [2.05, 4.69) is 106 Å². The summed E-state index contributed by atoms with van der Waals surface area (Å²) in [7, 11) is 0. The summed E-state index contributed by atoms with van der Waals surface area (Å²) in [5.74, 6) is -0.758. The van der Waals surface area contributed by atoms with Gasteiger partial charge in [0.15, 0.2) is 0 Å². The number of anilines is 4. The van der Waals surface area contributed by atoms with Crippen LogP contribution in [0.15, 0.2) is 132 Å². The molecule has 0 bridgehead atoms. The van der Waals surface area contributed by atoms with Crippen LogP contribution in [-0.4, -0.2) is 14.7 Å². The summed E-state index contributed by atoms with van der Waals surface area (Å²) in [6.45, 7) is 16.8. The molecule has 9 aromatic rings. The van der Waals surface area contributed by atoms with Gasteiger partial charge < -0.3 is 23.6 Å². The molecule has 336 valence electrons. The zero-order valence-electron chi connectivity index (χ0n) is 37.4. The van der Waals surface area contributed by atoms with Crippen LogP contribution in [0.5, 0.6) is 11.5 Å². The van der Waals surface area contributed by atoms with Crippen molar-refractivity contribution < 1.29 is 43.5 Å². The summed E-state index contributed by atoms with van der Waals surface area (Å²) < 4.78 is 59.3. The van der Waals surface area contributed by atoms with Crippen LogP contribution in [0, 0.1) is 36.3 Å². The first-order chi connectivity index (χ1) is 31.2. The molecule has 0 fully saturated rings. The van der Waals surface area contributed by atoms with Crippen LogP contribution in [-0.2, 0) is 26.5 Å². The van der Waals surface area contributed by atoms with Crippen molar-refractivity contribution in [2.24, 2.45) is 0 Å². The van der Waals surface area contributed by atoms with Gasteiger partial charge in [-0.05, 0) is 87.4 Å². The van der Waals surface area contributed by atoms with E-state index in [0.29, 0.717) is 34.1 Å². The van der Waals surface area contributed by atoms with E-state index in [0.717, 1.165) is 67.9 Å². The SMILES string of the molecule is CC(C)c1cc(-c2c(F)cc(F)cc2F)cc(C(C)C)c1N1[CH-]N(c2[c-]c(Oc3[c-]c4c(cc3)c3ccccc3n4-c3cc(C(C)(C)C)ccn3)cc(-c3ccno3)c2)c2ccccc21.[Pt]. The summed E-state index contributed by atoms with van der Waals surface area (Å²) in [5.41, 5.74) is 8.77. The number of para-hydroxylation sites is 3. The third kappa shape index (κ3) is 7.95. The number of rotatable bonds is 9. The maximum Gasteiger partial charge on any atom is 0.143 e. The molecular formula is C55H45F3N5O2Pt-3. The Morgan fingerprint density at radius 2 is 1.36 bits per heavy atom. The van der Waals surface area contributed by atoms with E-state index in [9.17, 15) is 4.39 Å². The van der Waals surface area contributed by atoms with E-state index in [1.54, 1.807) is 12.3 Å². The van der Waals surface area contributed by atoms with Gasteiger partial charge in [-0.25, -0.2) is 18.2 Å². The third-order valence-corrected chi connectivity index (χ3v) is 12.0.